The van der Waals surface area contributed by atoms with Crippen molar-refractivity contribution >= 4 is 28.9 Å². The maximum Gasteiger partial charge on any atom is 0.382 e. The van der Waals surface area contributed by atoms with Crippen LogP contribution in [0.5, 0.6) is 0 Å². The number of amides is 2. The molecular formula is C15H8N4O4. The predicted octanol–water partition coefficient (Wildman–Crippen LogP) is 1.33. The van der Waals surface area contributed by atoms with Crippen LogP contribution < -0.4 is 0 Å². The number of rotatable bonds is 2. The van der Waals surface area contributed by atoms with Crippen molar-refractivity contribution in [1.29, 1.82) is 0 Å². The molecule has 4 rings (SSSR count). The number of hydrogen-bond donors (Lipinski definition) is 1. The molecule has 112 valence electrons. The minimum absolute atomic E-state index is 0.0545. The summed E-state index contributed by atoms with van der Waals surface area (Å²) in [5.41, 5.74) is 1.33. The smallest absolute Gasteiger partial charge is 0.343 e. The van der Waals surface area contributed by atoms with Crippen molar-refractivity contribution in [3.05, 3.63) is 59.5 Å². The molecule has 0 saturated heterocycles. The van der Waals surface area contributed by atoms with E-state index in [9.17, 15) is 14.4 Å². The second-order valence-electron chi connectivity index (χ2n) is 4.80. The van der Waals surface area contributed by atoms with E-state index < -0.39 is 17.8 Å². The van der Waals surface area contributed by atoms with E-state index in [1.807, 2.05) is 0 Å². The van der Waals surface area contributed by atoms with Crippen molar-refractivity contribution in [3.63, 3.8) is 0 Å². The average Bonchev–Trinajstić information content (AvgIpc) is 3.13. The van der Waals surface area contributed by atoms with Gasteiger partial charge in [-0.1, -0.05) is 17.2 Å². The Morgan fingerprint density at radius 3 is 2.43 bits per heavy atom. The van der Waals surface area contributed by atoms with Crippen LogP contribution in [0.25, 0.3) is 11.2 Å². The molecule has 1 aliphatic heterocycles. The number of benzene rings is 1. The number of aromatic amines is 1. The topological polar surface area (TPSA) is 105 Å². The average molecular weight is 308 g/mol. The van der Waals surface area contributed by atoms with Crippen LogP contribution >= 0.6 is 0 Å². The summed E-state index contributed by atoms with van der Waals surface area (Å²) in [6.45, 7) is 0. The second kappa shape index (κ2) is 4.73. The molecule has 3 heterocycles. The number of carbonyl (C=O) groups is 3. The number of hydroxylamine groups is 2. The summed E-state index contributed by atoms with van der Waals surface area (Å²) in [5.74, 6) is -2.27. The molecule has 8 nitrogen and oxygen atoms in total. The number of aromatic nitrogens is 3. The number of nitrogens with one attached hydrogen (secondary N) is 1. The van der Waals surface area contributed by atoms with Gasteiger partial charge in [0.05, 0.1) is 23.0 Å². The third kappa shape index (κ3) is 1.96. The third-order valence-corrected chi connectivity index (χ3v) is 3.42. The molecule has 0 fully saturated rings. The molecule has 2 aromatic heterocycles. The highest BCUT2D eigenvalue weighted by Gasteiger charge is 2.39. The molecule has 0 unspecified atom stereocenters. The molecule has 1 aliphatic rings. The van der Waals surface area contributed by atoms with Crippen LogP contribution in [-0.4, -0.2) is 37.8 Å². The summed E-state index contributed by atoms with van der Waals surface area (Å²) in [6, 6.07) is 9.27. The van der Waals surface area contributed by atoms with Gasteiger partial charge in [-0.2, -0.15) is 0 Å². The van der Waals surface area contributed by atoms with E-state index >= 15 is 0 Å². The SMILES string of the molecule is O=C(ON1C(=O)c2ccccc2C1=O)c1ccc2[nH]cnc2n1. The van der Waals surface area contributed by atoms with Crippen LogP contribution in [0, 0.1) is 0 Å². The molecular weight excluding hydrogens is 300 g/mol. The fourth-order valence-corrected chi connectivity index (χ4v) is 2.32. The van der Waals surface area contributed by atoms with E-state index in [0.29, 0.717) is 16.2 Å². The molecule has 3 aromatic rings. The van der Waals surface area contributed by atoms with Crippen molar-refractivity contribution in [2.45, 2.75) is 0 Å². The fourth-order valence-electron chi connectivity index (χ4n) is 2.32. The van der Waals surface area contributed by atoms with Crippen molar-refractivity contribution in [1.82, 2.24) is 20.0 Å². The minimum atomic E-state index is -0.913. The Morgan fingerprint density at radius 2 is 1.74 bits per heavy atom. The lowest BCUT2D eigenvalue weighted by Gasteiger charge is -2.12. The van der Waals surface area contributed by atoms with Crippen LogP contribution in [0.3, 0.4) is 0 Å². The molecule has 8 heteroatoms. The zero-order valence-electron chi connectivity index (χ0n) is 11.5. The first-order valence-corrected chi connectivity index (χ1v) is 6.65. The number of nitrogens with zero attached hydrogens (tertiary/aromatic N) is 3. The Hall–Kier alpha value is -3.55. The quantitative estimate of drug-likeness (QED) is 0.716. The number of carbonyl (C=O) groups excluding carboxylic acids is 3. The number of H-pyrrole nitrogens is 1. The van der Waals surface area contributed by atoms with Gasteiger partial charge in [-0.15, -0.1) is 0 Å². The van der Waals surface area contributed by atoms with Crippen molar-refractivity contribution in [3.8, 4) is 0 Å². The largest absolute Gasteiger partial charge is 0.382 e. The van der Waals surface area contributed by atoms with E-state index in [-0.39, 0.29) is 16.8 Å². The number of imide groups is 1. The van der Waals surface area contributed by atoms with Crippen LogP contribution in [0.2, 0.25) is 0 Å². The zero-order chi connectivity index (χ0) is 16.0. The second-order valence-corrected chi connectivity index (χ2v) is 4.80. The van der Waals surface area contributed by atoms with Gasteiger partial charge in [0.2, 0.25) is 0 Å². The molecule has 2 amide bonds. The summed E-state index contributed by atoms with van der Waals surface area (Å²) in [4.78, 5) is 52.1. The predicted molar refractivity (Wildman–Crippen MR) is 76.2 cm³/mol. The van der Waals surface area contributed by atoms with Crippen LogP contribution in [0.4, 0.5) is 0 Å². The number of hydrogen-bond acceptors (Lipinski definition) is 6. The highest BCUT2D eigenvalue weighted by Crippen LogP contribution is 2.23. The molecule has 1 aromatic carbocycles. The summed E-state index contributed by atoms with van der Waals surface area (Å²) in [5, 5.41) is 0.448. The van der Waals surface area contributed by atoms with Crippen LogP contribution in [0.1, 0.15) is 31.2 Å². The Balaban J connectivity index is 1.62. The fraction of sp³-hybridized carbons (Fsp3) is 0. The first kappa shape index (κ1) is 13.1. The van der Waals surface area contributed by atoms with Gasteiger partial charge in [0.15, 0.2) is 11.3 Å². The highest BCUT2D eigenvalue weighted by molar-refractivity contribution is 6.21. The van der Waals surface area contributed by atoms with Crippen molar-refractivity contribution < 1.29 is 19.2 Å². The Labute approximate surface area is 128 Å². The lowest BCUT2D eigenvalue weighted by molar-refractivity contribution is -0.0588. The molecule has 0 saturated carbocycles. The first-order valence-electron chi connectivity index (χ1n) is 6.65. The van der Waals surface area contributed by atoms with Gasteiger partial charge in [0.25, 0.3) is 11.8 Å². The van der Waals surface area contributed by atoms with Crippen molar-refractivity contribution in [2.24, 2.45) is 0 Å². The molecule has 0 atom stereocenters. The molecule has 0 bridgehead atoms. The standard InChI is InChI=1S/C15H8N4O4/c20-13-8-3-1-2-4-9(8)14(21)19(13)23-15(22)11-6-5-10-12(18-11)17-7-16-10/h1-7H,(H,16,17,18). The number of imidazole rings is 1. The summed E-state index contributed by atoms with van der Waals surface area (Å²) in [7, 11) is 0. The van der Waals surface area contributed by atoms with Crippen molar-refractivity contribution in [2.75, 3.05) is 0 Å². The highest BCUT2D eigenvalue weighted by atomic mass is 16.7. The maximum atomic E-state index is 12.1. The molecule has 0 spiro atoms. The number of pyridine rings is 1. The van der Waals surface area contributed by atoms with E-state index in [0.717, 1.165) is 0 Å². The van der Waals surface area contributed by atoms with Crippen LogP contribution in [0.15, 0.2) is 42.7 Å². The number of fused-ring (bicyclic) bond motifs is 2. The molecule has 0 aliphatic carbocycles. The maximum absolute atomic E-state index is 12.1. The summed E-state index contributed by atoms with van der Waals surface area (Å²) < 4.78 is 0. The van der Waals surface area contributed by atoms with Gasteiger partial charge in [0, 0.05) is 0 Å². The van der Waals surface area contributed by atoms with Crippen LogP contribution in [-0.2, 0) is 4.84 Å². The Kier molecular flexibility index (Phi) is 2.70. The summed E-state index contributed by atoms with van der Waals surface area (Å²) in [6.07, 6.45) is 1.44. The van der Waals surface area contributed by atoms with E-state index in [4.69, 9.17) is 4.84 Å². The zero-order valence-corrected chi connectivity index (χ0v) is 11.5. The monoisotopic (exact) mass is 308 g/mol. The van der Waals surface area contributed by atoms with E-state index in [1.54, 1.807) is 18.2 Å². The van der Waals surface area contributed by atoms with Gasteiger partial charge in [0.1, 0.15) is 0 Å². The Morgan fingerprint density at radius 1 is 1.04 bits per heavy atom. The van der Waals surface area contributed by atoms with Gasteiger partial charge < -0.3 is 9.82 Å². The first-order chi connectivity index (χ1) is 11.1. The van der Waals surface area contributed by atoms with E-state index in [1.165, 1.54) is 24.5 Å². The molecule has 1 N–H and O–H groups in total. The van der Waals surface area contributed by atoms with Gasteiger partial charge in [-0.3, -0.25) is 9.59 Å². The van der Waals surface area contributed by atoms with E-state index in [2.05, 4.69) is 15.0 Å². The lowest BCUT2D eigenvalue weighted by atomic mass is 10.1. The Bertz CT molecular complexity index is 943. The third-order valence-electron chi connectivity index (χ3n) is 3.42. The molecule has 23 heavy (non-hydrogen) atoms. The van der Waals surface area contributed by atoms with Gasteiger partial charge >= 0.3 is 5.97 Å². The summed E-state index contributed by atoms with van der Waals surface area (Å²) >= 11 is 0. The minimum Gasteiger partial charge on any atom is -0.343 e. The van der Waals surface area contributed by atoms with Gasteiger partial charge in [-0.05, 0) is 24.3 Å². The molecule has 0 radical (unpaired) electrons. The lowest BCUT2D eigenvalue weighted by Crippen LogP contribution is -2.32. The normalized spacial score (nSPS) is 13.5. The van der Waals surface area contributed by atoms with Gasteiger partial charge in [-0.25, -0.2) is 14.8 Å².